The minimum atomic E-state index is -0.0592. The molecule has 0 saturated heterocycles. The fourth-order valence-electron chi connectivity index (χ4n) is 3.72. The Hall–Kier alpha value is -3.19. The molecule has 1 heterocycles. The highest BCUT2D eigenvalue weighted by Gasteiger charge is 2.23. The lowest BCUT2D eigenvalue weighted by Gasteiger charge is -2.26. The Morgan fingerprint density at radius 1 is 0.643 bits per heavy atom. The van der Waals surface area contributed by atoms with Crippen LogP contribution in [0.5, 0.6) is 0 Å². The van der Waals surface area contributed by atoms with E-state index in [0.717, 1.165) is 11.3 Å². The molecule has 0 atom stereocenters. The van der Waals surface area contributed by atoms with Crippen LogP contribution in [0.4, 0.5) is 0 Å². The molecule has 0 saturated carbocycles. The van der Waals surface area contributed by atoms with Crippen molar-refractivity contribution >= 4 is 0 Å². The highest BCUT2D eigenvalue weighted by molar-refractivity contribution is 5.70. The summed E-state index contributed by atoms with van der Waals surface area (Å²) in [4.78, 5) is 4.78. The molecule has 0 aliphatic rings. The maximum Gasteiger partial charge on any atom is 0.0705 e. The highest BCUT2D eigenvalue weighted by Crippen LogP contribution is 2.34. The lowest BCUT2D eigenvalue weighted by Crippen LogP contribution is -2.18. The first kappa shape index (κ1) is 18.2. The van der Waals surface area contributed by atoms with Crippen molar-refractivity contribution in [2.75, 3.05) is 0 Å². The van der Waals surface area contributed by atoms with Gasteiger partial charge in [-0.1, -0.05) is 92.7 Å². The molecule has 138 valence electrons. The van der Waals surface area contributed by atoms with Crippen LogP contribution in [0.25, 0.3) is 22.4 Å². The Bertz CT molecular complexity index is 1080. The number of benzene rings is 3. The van der Waals surface area contributed by atoms with Gasteiger partial charge in [0, 0.05) is 22.7 Å². The third kappa shape index (κ3) is 3.48. The first-order chi connectivity index (χ1) is 13.6. The van der Waals surface area contributed by atoms with Crippen LogP contribution >= 0.6 is 0 Å². The topological polar surface area (TPSA) is 12.9 Å². The number of pyridine rings is 1. The fraction of sp³-hybridized carbons (Fsp3) is 0.148. The molecule has 0 radical (unpaired) electrons. The van der Waals surface area contributed by atoms with E-state index in [1.165, 1.54) is 27.8 Å². The Morgan fingerprint density at radius 3 is 1.93 bits per heavy atom. The van der Waals surface area contributed by atoms with E-state index in [-0.39, 0.29) is 5.41 Å². The molecule has 1 nitrogen and oxygen atoms in total. The van der Waals surface area contributed by atoms with E-state index in [2.05, 4.69) is 106 Å². The Morgan fingerprint density at radius 2 is 1.25 bits per heavy atom. The lowest BCUT2D eigenvalue weighted by atomic mass is 9.77. The molecule has 4 rings (SSSR count). The normalized spacial score (nSPS) is 11.4. The van der Waals surface area contributed by atoms with Crippen LogP contribution in [0.3, 0.4) is 0 Å². The monoisotopic (exact) mass is 363 g/mol. The highest BCUT2D eigenvalue weighted by atomic mass is 14.7. The first-order valence-electron chi connectivity index (χ1n) is 9.74. The van der Waals surface area contributed by atoms with Gasteiger partial charge in [-0.3, -0.25) is 4.98 Å². The molecular formula is C27H25N. The van der Waals surface area contributed by atoms with Crippen LogP contribution in [0, 0.1) is 6.92 Å². The molecule has 0 amide bonds. The maximum atomic E-state index is 4.78. The zero-order valence-electron chi connectivity index (χ0n) is 16.7. The van der Waals surface area contributed by atoms with Crippen molar-refractivity contribution in [2.45, 2.75) is 26.2 Å². The van der Waals surface area contributed by atoms with Crippen molar-refractivity contribution in [2.24, 2.45) is 0 Å². The summed E-state index contributed by atoms with van der Waals surface area (Å²) in [5, 5.41) is 0. The van der Waals surface area contributed by atoms with Gasteiger partial charge in [0.05, 0.1) is 5.69 Å². The van der Waals surface area contributed by atoms with Gasteiger partial charge in [-0.2, -0.15) is 0 Å². The van der Waals surface area contributed by atoms with Gasteiger partial charge in [0.2, 0.25) is 0 Å². The molecule has 0 bridgehead atoms. The van der Waals surface area contributed by atoms with Crippen LogP contribution in [0.2, 0.25) is 0 Å². The summed E-state index contributed by atoms with van der Waals surface area (Å²) in [6, 6.07) is 32.1. The van der Waals surface area contributed by atoms with Gasteiger partial charge in [0.15, 0.2) is 0 Å². The van der Waals surface area contributed by atoms with Crippen LogP contribution < -0.4 is 0 Å². The molecule has 28 heavy (non-hydrogen) atoms. The largest absolute Gasteiger partial charge is 0.256 e. The van der Waals surface area contributed by atoms with Crippen molar-refractivity contribution in [1.82, 2.24) is 4.98 Å². The van der Waals surface area contributed by atoms with E-state index in [1.54, 1.807) is 0 Å². The fourth-order valence-corrected chi connectivity index (χ4v) is 3.72. The van der Waals surface area contributed by atoms with Gasteiger partial charge in [-0.05, 0) is 41.3 Å². The Kier molecular flexibility index (Phi) is 4.83. The Balaban J connectivity index is 1.71. The molecule has 0 aliphatic heterocycles. The summed E-state index contributed by atoms with van der Waals surface area (Å²) >= 11 is 0. The van der Waals surface area contributed by atoms with Crippen molar-refractivity contribution in [3.05, 3.63) is 114 Å². The smallest absolute Gasteiger partial charge is 0.0705 e. The zero-order valence-corrected chi connectivity index (χ0v) is 16.7. The second-order valence-corrected chi connectivity index (χ2v) is 7.82. The van der Waals surface area contributed by atoms with Gasteiger partial charge in [-0.15, -0.1) is 0 Å². The summed E-state index contributed by atoms with van der Waals surface area (Å²) < 4.78 is 0. The molecule has 1 aromatic heterocycles. The summed E-state index contributed by atoms with van der Waals surface area (Å²) in [5.74, 6) is 0. The van der Waals surface area contributed by atoms with E-state index in [1.807, 2.05) is 12.3 Å². The minimum absolute atomic E-state index is 0.0592. The standard InChI is InChI=1S/C27H25N/c1-20-17-26(28-19-25(20)21-11-6-4-7-12-21)22-13-10-16-24(18-22)27(2,3)23-14-8-5-9-15-23/h4-19H,1-3H3. The summed E-state index contributed by atoms with van der Waals surface area (Å²) in [6.07, 6.45) is 2.00. The molecule has 0 fully saturated rings. The molecule has 4 aromatic rings. The molecule has 1 heteroatoms. The van der Waals surface area contributed by atoms with Crippen LogP contribution in [-0.2, 0) is 5.41 Å². The van der Waals surface area contributed by atoms with Crippen molar-refractivity contribution in [1.29, 1.82) is 0 Å². The third-order valence-corrected chi connectivity index (χ3v) is 5.57. The molecule has 3 aromatic carbocycles. The summed E-state index contributed by atoms with van der Waals surface area (Å²) in [6.45, 7) is 6.71. The average molecular weight is 364 g/mol. The van der Waals surface area contributed by atoms with E-state index < -0.39 is 0 Å². The van der Waals surface area contributed by atoms with Crippen LogP contribution in [0.15, 0.2) is 97.2 Å². The summed E-state index contributed by atoms with van der Waals surface area (Å²) in [7, 11) is 0. The predicted octanol–water partition coefficient (Wildman–Crippen LogP) is 7.05. The van der Waals surface area contributed by atoms with E-state index in [9.17, 15) is 0 Å². The van der Waals surface area contributed by atoms with Crippen LogP contribution in [-0.4, -0.2) is 4.98 Å². The minimum Gasteiger partial charge on any atom is -0.256 e. The number of aromatic nitrogens is 1. The average Bonchev–Trinajstić information content (AvgIpc) is 2.75. The number of hydrogen-bond acceptors (Lipinski definition) is 1. The van der Waals surface area contributed by atoms with Gasteiger partial charge in [0.1, 0.15) is 0 Å². The van der Waals surface area contributed by atoms with Gasteiger partial charge in [-0.25, -0.2) is 0 Å². The molecule has 0 spiro atoms. The lowest BCUT2D eigenvalue weighted by molar-refractivity contribution is 0.641. The first-order valence-corrected chi connectivity index (χ1v) is 9.74. The van der Waals surface area contributed by atoms with Crippen molar-refractivity contribution in [3.63, 3.8) is 0 Å². The number of aryl methyl sites for hydroxylation is 1. The third-order valence-electron chi connectivity index (χ3n) is 5.57. The quantitative estimate of drug-likeness (QED) is 0.378. The van der Waals surface area contributed by atoms with E-state index in [4.69, 9.17) is 4.98 Å². The summed E-state index contributed by atoms with van der Waals surface area (Å²) in [5.41, 5.74) is 8.36. The van der Waals surface area contributed by atoms with E-state index in [0.29, 0.717) is 0 Å². The van der Waals surface area contributed by atoms with Crippen LogP contribution in [0.1, 0.15) is 30.5 Å². The molecule has 0 unspecified atom stereocenters. The maximum absolute atomic E-state index is 4.78. The predicted molar refractivity (Wildman–Crippen MR) is 118 cm³/mol. The molecular weight excluding hydrogens is 338 g/mol. The van der Waals surface area contributed by atoms with Crippen molar-refractivity contribution < 1.29 is 0 Å². The molecule has 0 N–H and O–H groups in total. The Labute approximate surface area is 167 Å². The second kappa shape index (κ2) is 7.44. The number of nitrogens with zero attached hydrogens (tertiary/aromatic N) is 1. The number of rotatable bonds is 4. The zero-order chi connectivity index (χ0) is 19.6. The molecule has 0 aliphatic carbocycles. The van der Waals surface area contributed by atoms with Gasteiger partial charge in [0.25, 0.3) is 0 Å². The van der Waals surface area contributed by atoms with Crippen molar-refractivity contribution in [3.8, 4) is 22.4 Å². The van der Waals surface area contributed by atoms with Gasteiger partial charge >= 0.3 is 0 Å². The SMILES string of the molecule is Cc1cc(-c2cccc(C(C)(C)c3ccccc3)c2)ncc1-c1ccccc1. The van der Waals surface area contributed by atoms with Gasteiger partial charge < -0.3 is 0 Å². The van der Waals surface area contributed by atoms with E-state index >= 15 is 0 Å². The second-order valence-electron chi connectivity index (χ2n) is 7.82. The number of hydrogen-bond donors (Lipinski definition) is 0.